The molecule has 0 fully saturated rings. The highest BCUT2D eigenvalue weighted by atomic mass is 16.4. The van der Waals surface area contributed by atoms with Crippen molar-refractivity contribution in [1.82, 2.24) is 20.8 Å². The molecule has 1 heterocycles. The number of hydrogen-bond donors (Lipinski definition) is 4. The van der Waals surface area contributed by atoms with Gasteiger partial charge in [-0.25, -0.2) is 10.4 Å². The summed E-state index contributed by atoms with van der Waals surface area (Å²) in [6, 6.07) is -0.879. The second kappa shape index (κ2) is 5.86. The second-order valence-corrected chi connectivity index (χ2v) is 3.22. The van der Waals surface area contributed by atoms with Gasteiger partial charge in [0.25, 0.3) is 0 Å². The number of nitrogens with zero attached hydrogens (tertiary/aromatic N) is 1. The first-order valence-electron chi connectivity index (χ1n) is 4.88. The zero-order chi connectivity index (χ0) is 12.0. The van der Waals surface area contributed by atoms with Gasteiger partial charge in [0.15, 0.2) is 0 Å². The lowest BCUT2D eigenvalue weighted by atomic mass is 10.2. The lowest BCUT2D eigenvalue weighted by molar-refractivity contribution is -0.140. The van der Waals surface area contributed by atoms with Crippen molar-refractivity contribution in [3.05, 3.63) is 18.2 Å². The number of aromatic amines is 1. The lowest BCUT2D eigenvalue weighted by Gasteiger charge is -2.13. The molecule has 1 atom stereocenters. The molecule has 88 valence electrons. The molecule has 0 aromatic carbocycles. The minimum Gasteiger partial charge on any atom is -0.480 e. The number of carboxylic acids is 1. The topological polar surface area (TPSA) is 107 Å². The maximum absolute atomic E-state index is 11.0. The number of carbonyl (C=O) groups excluding carboxylic acids is 1. The fraction of sp³-hybridized carbons (Fsp3) is 0.444. The van der Waals surface area contributed by atoms with E-state index in [1.54, 1.807) is 13.1 Å². The molecule has 4 N–H and O–H groups in total. The van der Waals surface area contributed by atoms with Gasteiger partial charge in [0.2, 0.25) is 5.91 Å². The minimum atomic E-state index is -1.04. The van der Waals surface area contributed by atoms with Gasteiger partial charge >= 0.3 is 5.97 Å². The number of hydrogen-bond acceptors (Lipinski definition) is 4. The van der Waals surface area contributed by atoms with Gasteiger partial charge in [-0.3, -0.25) is 15.0 Å². The molecule has 0 aliphatic rings. The van der Waals surface area contributed by atoms with Gasteiger partial charge in [-0.05, 0) is 0 Å². The number of carbonyl (C=O) groups is 2. The first kappa shape index (κ1) is 12.2. The van der Waals surface area contributed by atoms with Crippen LogP contribution in [0.5, 0.6) is 0 Å². The molecule has 0 bridgehead atoms. The number of imidazole rings is 1. The van der Waals surface area contributed by atoms with Gasteiger partial charge in [0, 0.05) is 24.7 Å². The summed E-state index contributed by atoms with van der Waals surface area (Å²) in [6.45, 7) is 1.68. The number of H-pyrrole nitrogens is 1. The predicted octanol–water partition coefficient (Wildman–Crippen LogP) is -0.564. The van der Waals surface area contributed by atoms with Crippen LogP contribution in [-0.4, -0.2) is 33.0 Å². The molecule has 1 aromatic heterocycles. The molecule has 1 rings (SSSR count). The summed E-state index contributed by atoms with van der Waals surface area (Å²) in [7, 11) is 0. The van der Waals surface area contributed by atoms with Gasteiger partial charge in [-0.1, -0.05) is 6.92 Å². The summed E-state index contributed by atoms with van der Waals surface area (Å²) < 4.78 is 0. The predicted molar refractivity (Wildman–Crippen MR) is 55.3 cm³/mol. The van der Waals surface area contributed by atoms with E-state index in [0.29, 0.717) is 12.1 Å². The number of carboxylic acid groups (broad SMARTS) is 1. The molecule has 16 heavy (non-hydrogen) atoms. The first-order chi connectivity index (χ1) is 7.63. The SMILES string of the molecule is CCC(=O)NN[C@@H](Cc1cnc[nH]1)C(=O)O. The van der Waals surface area contributed by atoms with E-state index >= 15 is 0 Å². The highest BCUT2D eigenvalue weighted by molar-refractivity contribution is 5.77. The van der Waals surface area contributed by atoms with Crippen LogP contribution in [0.1, 0.15) is 19.0 Å². The monoisotopic (exact) mass is 226 g/mol. The van der Waals surface area contributed by atoms with Crippen molar-refractivity contribution in [3.8, 4) is 0 Å². The quantitative estimate of drug-likeness (QED) is 0.486. The molecule has 0 saturated heterocycles. The average Bonchev–Trinajstić information content (AvgIpc) is 2.75. The Balaban J connectivity index is 2.48. The van der Waals surface area contributed by atoms with E-state index < -0.39 is 12.0 Å². The number of nitrogens with one attached hydrogen (secondary N) is 3. The van der Waals surface area contributed by atoms with Gasteiger partial charge in [0.1, 0.15) is 6.04 Å². The minimum absolute atomic E-state index is 0.222. The molecule has 0 aliphatic heterocycles. The Morgan fingerprint density at radius 1 is 1.62 bits per heavy atom. The zero-order valence-corrected chi connectivity index (χ0v) is 8.86. The van der Waals surface area contributed by atoms with E-state index in [0.717, 1.165) is 0 Å². The average molecular weight is 226 g/mol. The molecule has 1 amide bonds. The Kier molecular flexibility index (Phi) is 4.46. The van der Waals surface area contributed by atoms with Crippen molar-refractivity contribution >= 4 is 11.9 Å². The van der Waals surface area contributed by atoms with Gasteiger partial charge < -0.3 is 10.1 Å². The first-order valence-corrected chi connectivity index (χ1v) is 4.88. The lowest BCUT2D eigenvalue weighted by Crippen LogP contribution is -2.49. The highest BCUT2D eigenvalue weighted by Crippen LogP contribution is 1.97. The molecule has 7 heteroatoms. The van der Waals surface area contributed by atoms with Gasteiger partial charge in [-0.2, -0.15) is 0 Å². The molecular weight excluding hydrogens is 212 g/mol. The number of hydrazine groups is 1. The molecule has 0 saturated carbocycles. The summed E-state index contributed by atoms with van der Waals surface area (Å²) in [5.74, 6) is -1.29. The summed E-state index contributed by atoms with van der Waals surface area (Å²) in [4.78, 5) is 28.4. The summed E-state index contributed by atoms with van der Waals surface area (Å²) in [6.07, 6.45) is 3.53. The van der Waals surface area contributed by atoms with Crippen molar-refractivity contribution in [2.24, 2.45) is 0 Å². The van der Waals surface area contributed by atoms with Crippen LogP contribution in [0, 0.1) is 0 Å². The highest BCUT2D eigenvalue weighted by Gasteiger charge is 2.18. The van der Waals surface area contributed by atoms with Crippen molar-refractivity contribution in [2.45, 2.75) is 25.8 Å². The Morgan fingerprint density at radius 3 is 2.88 bits per heavy atom. The normalized spacial score (nSPS) is 12.1. The van der Waals surface area contributed by atoms with Crippen LogP contribution >= 0.6 is 0 Å². The largest absolute Gasteiger partial charge is 0.480 e. The molecular formula is C9H14N4O3. The summed E-state index contributed by atoms with van der Waals surface area (Å²) in [5, 5.41) is 8.91. The number of amides is 1. The molecule has 0 radical (unpaired) electrons. The molecule has 0 spiro atoms. The van der Waals surface area contributed by atoms with E-state index in [9.17, 15) is 9.59 Å². The van der Waals surface area contributed by atoms with Crippen molar-refractivity contribution in [1.29, 1.82) is 0 Å². The van der Waals surface area contributed by atoms with Crippen LogP contribution in [0.15, 0.2) is 12.5 Å². The van der Waals surface area contributed by atoms with Crippen molar-refractivity contribution < 1.29 is 14.7 Å². The molecule has 7 nitrogen and oxygen atoms in total. The van der Waals surface area contributed by atoms with Crippen LogP contribution in [0.4, 0.5) is 0 Å². The van der Waals surface area contributed by atoms with Crippen LogP contribution in [-0.2, 0) is 16.0 Å². The summed E-state index contributed by atoms with van der Waals surface area (Å²) in [5.41, 5.74) is 5.47. The molecule has 0 aliphatic carbocycles. The van der Waals surface area contributed by atoms with Crippen LogP contribution in [0.25, 0.3) is 0 Å². The smallest absolute Gasteiger partial charge is 0.322 e. The van der Waals surface area contributed by atoms with Crippen LogP contribution < -0.4 is 10.9 Å². The van der Waals surface area contributed by atoms with Crippen molar-refractivity contribution in [3.63, 3.8) is 0 Å². The Bertz CT molecular complexity index is 350. The molecule has 0 unspecified atom stereocenters. The van der Waals surface area contributed by atoms with E-state index in [4.69, 9.17) is 5.11 Å². The molecule has 1 aromatic rings. The maximum atomic E-state index is 11.0. The van der Waals surface area contributed by atoms with Crippen LogP contribution in [0.3, 0.4) is 0 Å². The van der Waals surface area contributed by atoms with E-state index in [-0.39, 0.29) is 12.3 Å². The fourth-order valence-electron chi connectivity index (χ4n) is 1.07. The van der Waals surface area contributed by atoms with Gasteiger partial charge in [0.05, 0.1) is 6.33 Å². The van der Waals surface area contributed by atoms with Gasteiger partial charge in [-0.15, -0.1) is 0 Å². The van der Waals surface area contributed by atoms with E-state index in [1.165, 1.54) is 6.33 Å². The number of aliphatic carboxylic acids is 1. The zero-order valence-electron chi connectivity index (χ0n) is 8.86. The Hall–Kier alpha value is -1.89. The fourth-order valence-corrected chi connectivity index (χ4v) is 1.07. The van der Waals surface area contributed by atoms with E-state index in [2.05, 4.69) is 20.8 Å². The van der Waals surface area contributed by atoms with Crippen molar-refractivity contribution in [2.75, 3.05) is 0 Å². The maximum Gasteiger partial charge on any atom is 0.322 e. The Labute approximate surface area is 92.2 Å². The van der Waals surface area contributed by atoms with Crippen LogP contribution in [0.2, 0.25) is 0 Å². The third-order valence-corrected chi connectivity index (χ3v) is 1.98. The number of aromatic nitrogens is 2. The number of rotatable bonds is 6. The third kappa shape index (κ3) is 3.70. The van der Waals surface area contributed by atoms with E-state index in [1.807, 2.05) is 0 Å². The Morgan fingerprint density at radius 2 is 2.38 bits per heavy atom. The third-order valence-electron chi connectivity index (χ3n) is 1.98. The summed E-state index contributed by atoms with van der Waals surface area (Å²) >= 11 is 0. The second-order valence-electron chi connectivity index (χ2n) is 3.22. The standard InChI is InChI=1S/C9H14N4O3/c1-2-8(14)13-12-7(9(15)16)3-6-4-10-5-11-6/h4-5,7,12H,2-3H2,1H3,(H,10,11)(H,13,14)(H,15,16)/t7-/m0/s1.